The van der Waals surface area contributed by atoms with Crippen LogP contribution in [0.2, 0.25) is 5.02 Å². The summed E-state index contributed by atoms with van der Waals surface area (Å²) >= 11 is 5.94. The monoisotopic (exact) mass is 457 g/mol. The molecule has 32 heavy (non-hydrogen) atoms. The zero-order valence-corrected chi connectivity index (χ0v) is 19.2. The quantitative estimate of drug-likeness (QED) is 0.507. The molecule has 2 rings (SSSR count). The summed E-state index contributed by atoms with van der Waals surface area (Å²) in [5, 5.41) is 8.74. The Morgan fingerprint density at radius 1 is 1.03 bits per heavy atom. The molecule has 0 bridgehead atoms. The fourth-order valence-electron chi connectivity index (χ4n) is 2.62. The van der Waals surface area contributed by atoms with Gasteiger partial charge >= 0.3 is 6.09 Å². The van der Waals surface area contributed by atoms with Crippen LogP contribution in [-0.2, 0) is 20.9 Å². The minimum absolute atomic E-state index is 0.0856. The van der Waals surface area contributed by atoms with Crippen molar-refractivity contribution in [2.45, 2.75) is 39.3 Å². The number of carbonyl (C=O) groups excluding carboxylic acids is 3. The molecule has 0 fully saturated rings. The van der Waals surface area contributed by atoms with Crippen LogP contribution < -0.4 is 16.0 Å². The standard InChI is InChI=1S/C24H28ClN3O4/c1-24(2,3)32-23(31)26-14-13-22(30)28-20-10-5-4-8-18(20)16-27-21(29)12-11-17-7-6-9-19(25)15-17/h4-12,15H,13-14,16H2,1-3H3,(H,26,31)(H,27,29)(H,28,30)/b12-11+. The molecule has 0 saturated heterocycles. The Labute approximate surface area is 193 Å². The summed E-state index contributed by atoms with van der Waals surface area (Å²) in [5.74, 6) is -0.534. The van der Waals surface area contributed by atoms with Gasteiger partial charge in [-0.3, -0.25) is 9.59 Å². The third-order valence-electron chi connectivity index (χ3n) is 4.04. The largest absolute Gasteiger partial charge is 0.444 e. The van der Waals surface area contributed by atoms with Crippen LogP contribution in [-0.4, -0.2) is 30.1 Å². The summed E-state index contributed by atoms with van der Waals surface area (Å²) in [6, 6.07) is 14.4. The maximum Gasteiger partial charge on any atom is 0.407 e. The number of alkyl carbamates (subject to hydrolysis) is 1. The second kappa shape index (κ2) is 11.9. The van der Waals surface area contributed by atoms with E-state index in [1.54, 1.807) is 51.1 Å². The first kappa shape index (κ1) is 24.9. The van der Waals surface area contributed by atoms with Crippen molar-refractivity contribution in [3.05, 3.63) is 70.8 Å². The number of ether oxygens (including phenoxy) is 1. The number of halogens is 1. The van der Waals surface area contributed by atoms with Gasteiger partial charge in [-0.25, -0.2) is 4.79 Å². The van der Waals surface area contributed by atoms with E-state index in [-0.39, 0.29) is 31.3 Å². The molecule has 3 N–H and O–H groups in total. The molecule has 0 aliphatic carbocycles. The van der Waals surface area contributed by atoms with Gasteiger partial charge in [-0.2, -0.15) is 0 Å². The molecule has 0 aromatic heterocycles. The molecular formula is C24H28ClN3O4. The highest BCUT2D eigenvalue weighted by Crippen LogP contribution is 2.15. The molecule has 2 aromatic carbocycles. The molecule has 0 radical (unpaired) electrons. The topological polar surface area (TPSA) is 96.5 Å². The molecule has 2 aromatic rings. The SMILES string of the molecule is CC(C)(C)OC(=O)NCCC(=O)Nc1ccccc1CNC(=O)/C=C/c1cccc(Cl)c1. The van der Waals surface area contributed by atoms with E-state index in [0.29, 0.717) is 10.7 Å². The Morgan fingerprint density at radius 3 is 2.50 bits per heavy atom. The van der Waals surface area contributed by atoms with Crippen LogP contribution in [0, 0.1) is 0 Å². The van der Waals surface area contributed by atoms with Crippen LogP contribution in [0.3, 0.4) is 0 Å². The predicted octanol–water partition coefficient (Wildman–Crippen LogP) is 4.52. The van der Waals surface area contributed by atoms with Gasteiger partial charge in [-0.15, -0.1) is 0 Å². The summed E-state index contributed by atoms with van der Waals surface area (Å²) in [4.78, 5) is 36.0. The number of carbonyl (C=O) groups is 3. The van der Waals surface area contributed by atoms with Gasteiger partial charge in [0.05, 0.1) is 0 Å². The zero-order valence-electron chi connectivity index (χ0n) is 18.4. The molecule has 0 aliphatic heterocycles. The first-order chi connectivity index (χ1) is 15.1. The maximum absolute atomic E-state index is 12.2. The van der Waals surface area contributed by atoms with Gasteiger partial charge in [0.2, 0.25) is 11.8 Å². The Kier molecular flexibility index (Phi) is 9.28. The van der Waals surface area contributed by atoms with E-state index in [0.717, 1.165) is 11.1 Å². The molecule has 3 amide bonds. The van der Waals surface area contributed by atoms with Gasteiger partial charge in [-0.1, -0.05) is 41.9 Å². The first-order valence-electron chi connectivity index (χ1n) is 10.2. The van der Waals surface area contributed by atoms with Crippen LogP contribution in [0.15, 0.2) is 54.6 Å². The molecule has 0 spiro atoms. The average molecular weight is 458 g/mol. The lowest BCUT2D eigenvalue weighted by atomic mass is 10.1. The lowest BCUT2D eigenvalue weighted by Gasteiger charge is -2.19. The predicted molar refractivity (Wildman–Crippen MR) is 126 cm³/mol. The fraction of sp³-hybridized carbons (Fsp3) is 0.292. The summed E-state index contributed by atoms with van der Waals surface area (Å²) in [6.07, 6.45) is 2.61. The van der Waals surface area contributed by atoms with E-state index in [1.165, 1.54) is 6.08 Å². The number of rotatable bonds is 8. The molecule has 0 atom stereocenters. The summed E-state index contributed by atoms with van der Waals surface area (Å²) in [6.45, 7) is 5.69. The molecule has 0 saturated carbocycles. The van der Waals surface area contributed by atoms with E-state index in [2.05, 4.69) is 16.0 Å². The summed E-state index contributed by atoms with van der Waals surface area (Å²) in [5.41, 5.74) is 1.57. The molecule has 7 nitrogen and oxygen atoms in total. The van der Waals surface area contributed by atoms with Gasteiger partial charge in [0.1, 0.15) is 5.60 Å². The Balaban J connectivity index is 1.83. The molecule has 0 unspecified atom stereocenters. The third-order valence-corrected chi connectivity index (χ3v) is 4.28. The van der Waals surface area contributed by atoms with Gasteiger partial charge in [0.15, 0.2) is 0 Å². The van der Waals surface area contributed by atoms with Crippen LogP contribution in [0.1, 0.15) is 38.3 Å². The number of anilines is 1. The van der Waals surface area contributed by atoms with Crippen molar-refractivity contribution >= 4 is 41.3 Å². The molecule has 0 heterocycles. The second-order valence-corrected chi connectivity index (χ2v) is 8.43. The maximum atomic E-state index is 12.2. The normalized spacial score (nSPS) is 11.1. The van der Waals surface area contributed by atoms with Crippen LogP contribution >= 0.6 is 11.6 Å². The van der Waals surface area contributed by atoms with Crippen molar-refractivity contribution in [3.8, 4) is 0 Å². The first-order valence-corrected chi connectivity index (χ1v) is 10.6. The number of benzene rings is 2. The fourth-order valence-corrected chi connectivity index (χ4v) is 2.82. The van der Waals surface area contributed by atoms with Crippen molar-refractivity contribution in [2.75, 3.05) is 11.9 Å². The Bertz CT molecular complexity index is 983. The van der Waals surface area contributed by atoms with Crippen molar-refractivity contribution in [2.24, 2.45) is 0 Å². The van der Waals surface area contributed by atoms with Crippen molar-refractivity contribution in [1.82, 2.24) is 10.6 Å². The van der Waals surface area contributed by atoms with Gasteiger partial charge in [0.25, 0.3) is 0 Å². The summed E-state index contributed by atoms with van der Waals surface area (Å²) in [7, 11) is 0. The third kappa shape index (κ3) is 9.66. The zero-order chi connectivity index (χ0) is 23.6. The number of hydrogen-bond acceptors (Lipinski definition) is 4. The minimum atomic E-state index is -0.598. The second-order valence-electron chi connectivity index (χ2n) is 7.99. The smallest absolute Gasteiger partial charge is 0.407 e. The van der Waals surface area contributed by atoms with E-state index >= 15 is 0 Å². The molecule has 8 heteroatoms. The number of nitrogens with one attached hydrogen (secondary N) is 3. The van der Waals surface area contributed by atoms with Crippen molar-refractivity contribution in [3.63, 3.8) is 0 Å². The number of amides is 3. The van der Waals surface area contributed by atoms with Crippen LogP contribution in [0.25, 0.3) is 6.08 Å². The van der Waals surface area contributed by atoms with Gasteiger partial charge in [0, 0.05) is 36.3 Å². The van der Waals surface area contributed by atoms with Gasteiger partial charge < -0.3 is 20.7 Å². The van der Waals surface area contributed by atoms with Gasteiger partial charge in [-0.05, 0) is 56.2 Å². The summed E-state index contributed by atoms with van der Waals surface area (Å²) < 4.78 is 5.13. The Hall–Kier alpha value is -3.32. The highest BCUT2D eigenvalue weighted by Gasteiger charge is 2.16. The average Bonchev–Trinajstić information content (AvgIpc) is 2.70. The number of para-hydroxylation sites is 1. The van der Waals surface area contributed by atoms with Crippen molar-refractivity contribution in [1.29, 1.82) is 0 Å². The van der Waals surface area contributed by atoms with E-state index in [9.17, 15) is 14.4 Å². The van der Waals surface area contributed by atoms with E-state index in [1.807, 2.05) is 24.3 Å². The number of hydrogen-bond donors (Lipinski definition) is 3. The lowest BCUT2D eigenvalue weighted by molar-refractivity contribution is -0.117. The Morgan fingerprint density at radius 2 is 1.78 bits per heavy atom. The van der Waals surface area contributed by atoms with E-state index < -0.39 is 11.7 Å². The molecule has 170 valence electrons. The minimum Gasteiger partial charge on any atom is -0.444 e. The van der Waals surface area contributed by atoms with Crippen molar-refractivity contribution < 1.29 is 19.1 Å². The van der Waals surface area contributed by atoms with E-state index in [4.69, 9.17) is 16.3 Å². The molecular weight excluding hydrogens is 430 g/mol. The van der Waals surface area contributed by atoms with Crippen LogP contribution in [0.4, 0.5) is 10.5 Å². The molecule has 0 aliphatic rings. The highest BCUT2D eigenvalue weighted by molar-refractivity contribution is 6.30. The van der Waals surface area contributed by atoms with Crippen LogP contribution in [0.5, 0.6) is 0 Å². The highest BCUT2D eigenvalue weighted by atomic mass is 35.5. The lowest BCUT2D eigenvalue weighted by Crippen LogP contribution is -2.34.